The average molecular weight is 394 g/mol. The predicted octanol–water partition coefficient (Wildman–Crippen LogP) is -1.39. The van der Waals surface area contributed by atoms with Crippen LogP contribution in [0.5, 0.6) is 0 Å². The number of rotatable bonds is 6. The molecule has 0 aliphatic carbocycles. The van der Waals surface area contributed by atoms with Gasteiger partial charge >= 0.3 is 19.5 Å². The Balaban J connectivity index is 0.000000443. The van der Waals surface area contributed by atoms with Crippen LogP contribution in [0.25, 0.3) is 0 Å². The minimum Gasteiger partial charge on any atom is -0.548 e. The third-order valence-electron chi connectivity index (χ3n) is 3.20. The Labute approximate surface area is 159 Å². The summed E-state index contributed by atoms with van der Waals surface area (Å²) in [6.45, 7) is 0. The van der Waals surface area contributed by atoms with Crippen LogP contribution in [-0.4, -0.2) is 24.0 Å². The van der Waals surface area contributed by atoms with E-state index in [0.717, 1.165) is 11.1 Å². The van der Waals surface area contributed by atoms with Gasteiger partial charge in [-0.25, -0.2) is 0 Å². The molecule has 0 spiro atoms. The number of carboxylic acids is 2. The molecule has 6 nitrogen and oxygen atoms in total. The molecule has 128 valence electrons. The number of aliphatic carboxylic acids is 2. The van der Waals surface area contributed by atoms with Crippen molar-refractivity contribution >= 4 is 11.9 Å². The van der Waals surface area contributed by atoms with Gasteiger partial charge < -0.3 is 31.3 Å². The molecular formula is C18H20N2O4Zn. The third-order valence-corrected chi connectivity index (χ3v) is 3.20. The van der Waals surface area contributed by atoms with Gasteiger partial charge in [0.15, 0.2) is 0 Å². The molecule has 0 aliphatic heterocycles. The molecule has 2 aromatic carbocycles. The summed E-state index contributed by atoms with van der Waals surface area (Å²) in [6, 6.07) is 16.6. The fourth-order valence-electron chi connectivity index (χ4n) is 1.90. The van der Waals surface area contributed by atoms with Crippen molar-refractivity contribution in [3.8, 4) is 0 Å². The maximum absolute atomic E-state index is 10.3. The van der Waals surface area contributed by atoms with E-state index < -0.39 is 24.0 Å². The fraction of sp³-hybridized carbons (Fsp3) is 0.222. The summed E-state index contributed by atoms with van der Waals surface area (Å²) >= 11 is 0. The molecule has 25 heavy (non-hydrogen) atoms. The first kappa shape index (κ1) is 22.9. The smallest absolute Gasteiger partial charge is 0.548 e. The summed E-state index contributed by atoms with van der Waals surface area (Å²) in [5.74, 6) is -2.42. The van der Waals surface area contributed by atoms with Crippen molar-refractivity contribution in [3.05, 3.63) is 71.8 Å². The van der Waals surface area contributed by atoms with Crippen molar-refractivity contribution in [3.63, 3.8) is 0 Å². The van der Waals surface area contributed by atoms with Crippen molar-refractivity contribution in [1.82, 2.24) is 0 Å². The summed E-state index contributed by atoms with van der Waals surface area (Å²) in [5.41, 5.74) is 12.4. The van der Waals surface area contributed by atoms with E-state index in [-0.39, 0.29) is 19.5 Å². The Hall–Kier alpha value is -2.08. The minimum atomic E-state index is -1.21. The van der Waals surface area contributed by atoms with E-state index in [1.165, 1.54) is 0 Å². The quantitative estimate of drug-likeness (QED) is 0.581. The van der Waals surface area contributed by atoms with E-state index in [1.54, 1.807) is 0 Å². The van der Waals surface area contributed by atoms with Crippen LogP contribution in [-0.2, 0) is 41.9 Å². The van der Waals surface area contributed by atoms with Gasteiger partial charge in [0.05, 0.1) is 11.9 Å². The van der Waals surface area contributed by atoms with Gasteiger partial charge in [0.1, 0.15) is 0 Å². The van der Waals surface area contributed by atoms with Crippen LogP contribution in [0, 0.1) is 0 Å². The number of carbonyl (C=O) groups excluding carboxylic acids is 2. The number of hydrogen-bond acceptors (Lipinski definition) is 6. The molecule has 7 heteroatoms. The summed E-state index contributed by atoms with van der Waals surface area (Å²) in [7, 11) is 0. The van der Waals surface area contributed by atoms with Gasteiger partial charge in [0.25, 0.3) is 0 Å². The first-order chi connectivity index (χ1) is 11.4. The fourth-order valence-corrected chi connectivity index (χ4v) is 1.90. The van der Waals surface area contributed by atoms with Crippen LogP contribution in [0.15, 0.2) is 60.7 Å². The van der Waals surface area contributed by atoms with Crippen molar-refractivity contribution in [1.29, 1.82) is 0 Å². The maximum Gasteiger partial charge on any atom is 2.00 e. The van der Waals surface area contributed by atoms with Crippen LogP contribution >= 0.6 is 0 Å². The van der Waals surface area contributed by atoms with Crippen molar-refractivity contribution < 1.29 is 39.3 Å². The topological polar surface area (TPSA) is 132 Å². The molecule has 0 fully saturated rings. The van der Waals surface area contributed by atoms with Crippen LogP contribution in [0.1, 0.15) is 11.1 Å². The second kappa shape index (κ2) is 12.3. The summed E-state index contributed by atoms with van der Waals surface area (Å²) in [6.07, 6.45) is 0.645. The van der Waals surface area contributed by atoms with E-state index in [9.17, 15) is 19.8 Å². The van der Waals surface area contributed by atoms with E-state index in [1.807, 2.05) is 60.7 Å². The SMILES string of the molecule is NC(Cc1ccccc1)C(=O)[O-].NC(Cc1ccccc1)C(=O)[O-].[Zn+2]. The molecule has 2 atom stereocenters. The van der Waals surface area contributed by atoms with Crippen LogP contribution in [0.3, 0.4) is 0 Å². The van der Waals surface area contributed by atoms with E-state index >= 15 is 0 Å². The second-order valence-corrected chi connectivity index (χ2v) is 5.23. The molecule has 2 aromatic rings. The Bertz CT molecular complexity index is 581. The van der Waals surface area contributed by atoms with E-state index in [4.69, 9.17) is 11.5 Å². The molecule has 0 radical (unpaired) electrons. The van der Waals surface area contributed by atoms with Gasteiger partial charge in [-0.05, 0) is 24.0 Å². The van der Waals surface area contributed by atoms with Gasteiger partial charge in [-0.15, -0.1) is 0 Å². The number of carbonyl (C=O) groups is 2. The van der Waals surface area contributed by atoms with Gasteiger partial charge in [-0.1, -0.05) is 60.7 Å². The summed E-state index contributed by atoms with van der Waals surface area (Å²) in [5, 5.41) is 20.5. The van der Waals surface area contributed by atoms with Crippen LogP contribution in [0.4, 0.5) is 0 Å². The van der Waals surface area contributed by atoms with E-state index in [2.05, 4.69) is 0 Å². The summed E-state index contributed by atoms with van der Waals surface area (Å²) in [4.78, 5) is 20.5. The Kier molecular flexibility index (Phi) is 11.3. The monoisotopic (exact) mass is 392 g/mol. The number of benzene rings is 2. The van der Waals surface area contributed by atoms with Crippen molar-refractivity contribution in [2.45, 2.75) is 24.9 Å². The zero-order chi connectivity index (χ0) is 17.9. The van der Waals surface area contributed by atoms with Gasteiger partial charge in [-0.2, -0.15) is 0 Å². The van der Waals surface area contributed by atoms with Crippen LogP contribution < -0.4 is 21.7 Å². The minimum absolute atomic E-state index is 0. The van der Waals surface area contributed by atoms with Gasteiger partial charge in [0.2, 0.25) is 0 Å². The average Bonchev–Trinajstić information content (AvgIpc) is 2.57. The Morgan fingerprint density at radius 3 is 1.24 bits per heavy atom. The van der Waals surface area contributed by atoms with Crippen molar-refractivity contribution in [2.75, 3.05) is 0 Å². The molecule has 0 heterocycles. The van der Waals surface area contributed by atoms with Gasteiger partial charge in [-0.3, -0.25) is 0 Å². The molecule has 0 aromatic heterocycles. The molecule has 0 saturated heterocycles. The molecule has 2 unspecified atom stereocenters. The predicted molar refractivity (Wildman–Crippen MR) is 86.3 cm³/mol. The van der Waals surface area contributed by atoms with Crippen LogP contribution in [0.2, 0.25) is 0 Å². The number of carboxylic acid groups (broad SMARTS) is 2. The normalized spacial score (nSPS) is 11.9. The maximum atomic E-state index is 10.3. The molecular weight excluding hydrogens is 374 g/mol. The second-order valence-electron chi connectivity index (χ2n) is 5.23. The standard InChI is InChI=1S/2C9H11NO2.Zn/c2*10-8(9(11)12)6-7-4-2-1-3-5-7;/h2*1-5,8H,6,10H2,(H,11,12);/q;;+2/p-2. The Morgan fingerprint density at radius 2 is 1.00 bits per heavy atom. The first-order valence-corrected chi connectivity index (χ1v) is 7.41. The van der Waals surface area contributed by atoms with E-state index in [0.29, 0.717) is 12.8 Å². The first-order valence-electron chi connectivity index (χ1n) is 7.41. The molecule has 0 saturated carbocycles. The molecule has 0 amide bonds. The molecule has 4 N–H and O–H groups in total. The molecule has 0 aliphatic rings. The van der Waals surface area contributed by atoms with Gasteiger partial charge in [0, 0.05) is 12.1 Å². The molecule has 0 bridgehead atoms. The third kappa shape index (κ3) is 9.72. The number of hydrogen-bond donors (Lipinski definition) is 2. The zero-order valence-corrected chi connectivity index (χ0v) is 16.8. The zero-order valence-electron chi connectivity index (χ0n) is 13.8. The van der Waals surface area contributed by atoms with Crippen molar-refractivity contribution in [2.24, 2.45) is 11.5 Å². The summed E-state index contributed by atoms with van der Waals surface area (Å²) < 4.78 is 0. The number of nitrogens with two attached hydrogens (primary N) is 2. The Morgan fingerprint density at radius 1 is 0.720 bits per heavy atom. The molecule has 2 rings (SSSR count). The largest absolute Gasteiger partial charge is 2.00 e.